The molecule has 3 heteroatoms. The first-order valence-corrected chi connectivity index (χ1v) is 1.40. The molecule has 0 saturated heterocycles. The molecule has 0 unspecified atom stereocenters. The zero-order valence-corrected chi connectivity index (χ0v) is 3.06. The van der Waals surface area contributed by atoms with Gasteiger partial charge in [0, 0.05) is 0 Å². The molecule has 24 valence electrons. The molecule has 2 radical (unpaired) electrons. The van der Waals surface area contributed by atoms with E-state index >= 15 is 0 Å². The smallest absolute Gasteiger partial charge is 0.151 e. The van der Waals surface area contributed by atoms with Gasteiger partial charge in [-0.25, -0.2) is 0 Å². The van der Waals surface area contributed by atoms with E-state index in [0.717, 1.165) is 0 Å². The fourth-order valence-electron chi connectivity index (χ4n) is 0.0680. The van der Waals surface area contributed by atoms with Crippen molar-refractivity contribution in [2.45, 2.75) is 6.82 Å². The summed E-state index contributed by atoms with van der Waals surface area (Å²) in [5.41, 5.74) is 0. The Morgan fingerprint density at radius 1 is 2.20 bits per heavy atom. The maximum atomic E-state index is 9.62. The van der Waals surface area contributed by atoms with Gasteiger partial charge in [0.25, 0.3) is 0 Å². The standard InChI is InChI=1S/C2H4B2O/c1-3-4-2-5/h2H,1H3/i2T. The highest BCUT2D eigenvalue weighted by Crippen LogP contribution is 1.41. The predicted molar refractivity (Wildman–Crippen MR) is 24.1 cm³/mol. The van der Waals surface area contributed by atoms with Gasteiger partial charge in [0.1, 0.15) is 0 Å². The van der Waals surface area contributed by atoms with Crippen molar-refractivity contribution < 1.29 is 6.17 Å². The minimum Gasteiger partial charge on any atom is -0.316 e. The lowest BCUT2D eigenvalue weighted by atomic mass is 9.42. The maximum Gasteiger partial charge on any atom is 0.151 e. The second-order valence-corrected chi connectivity index (χ2v) is 0.618. The number of carbonyl (C=O) groups excluding carboxylic acids is 1. The molecule has 0 saturated carbocycles. The molecule has 0 bridgehead atoms. The average molecular weight is 67.7 g/mol. The zero-order chi connectivity index (χ0) is 4.99. The van der Waals surface area contributed by atoms with Gasteiger partial charge in [-0.05, 0) is 0 Å². The van der Waals surface area contributed by atoms with Crippen LogP contribution < -0.4 is 0 Å². The largest absolute Gasteiger partial charge is 0.316 e. The summed E-state index contributed by atoms with van der Waals surface area (Å²) in [5.74, 6) is 0. The molecule has 1 nitrogen and oxygen atoms in total. The second-order valence-electron chi connectivity index (χ2n) is 0.618. The fourth-order valence-corrected chi connectivity index (χ4v) is 0.0680. The lowest BCUT2D eigenvalue weighted by Gasteiger charge is -1.61. The van der Waals surface area contributed by atoms with Crippen molar-refractivity contribution in [2.24, 2.45) is 0 Å². The number of rotatable bonds is 2. The van der Waals surface area contributed by atoms with Crippen LogP contribution in [0.2, 0.25) is 6.82 Å². The van der Waals surface area contributed by atoms with Gasteiger partial charge in [-0.3, -0.25) is 0 Å². The predicted octanol–water partition coefficient (Wildman–Crippen LogP) is -0.452. The van der Waals surface area contributed by atoms with Crippen LogP contribution in [0.15, 0.2) is 0 Å². The lowest BCUT2D eigenvalue weighted by Crippen LogP contribution is -1.97. The Kier molecular flexibility index (Phi) is 2.29. The van der Waals surface area contributed by atoms with Crippen molar-refractivity contribution in [2.75, 3.05) is 0 Å². The van der Waals surface area contributed by atoms with Crippen LogP contribution in [0.5, 0.6) is 0 Å². The van der Waals surface area contributed by atoms with Crippen LogP contribution in [0.25, 0.3) is 0 Å². The van der Waals surface area contributed by atoms with E-state index < -0.39 is 6.16 Å². The molecule has 0 aromatic rings. The van der Waals surface area contributed by atoms with E-state index in [1.54, 1.807) is 6.82 Å². The third-order valence-electron chi connectivity index (χ3n) is 0.235. The Balaban J connectivity index is 2.83. The molecule has 0 aromatic carbocycles. The second kappa shape index (κ2) is 3.80. The van der Waals surface area contributed by atoms with Crippen LogP contribution >= 0.6 is 0 Å². The summed E-state index contributed by atoms with van der Waals surface area (Å²) >= 11 is 0. The Hall–Kier alpha value is -0.200. The van der Waals surface area contributed by atoms with Crippen LogP contribution in [-0.4, -0.2) is 20.5 Å². The highest BCUT2D eigenvalue weighted by Gasteiger charge is 1.74. The van der Waals surface area contributed by atoms with Crippen molar-refractivity contribution in [1.82, 2.24) is 0 Å². The Labute approximate surface area is 34.6 Å². The quantitative estimate of drug-likeness (QED) is 0.316. The Morgan fingerprint density at radius 3 is 2.80 bits per heavy atom. The van der Waals surface area contributed by atoms with Crippen LogP contribution in [-0.2, 0) is 4.79 Å². The molecular weight excluding hydrogens is 61.6 g/mol. The molecule has 0 spiro atoms. The molecule has 0 rings (SSSR count). The van der Waals surface area contributed by atoms with E-state index in [1.165, 1.54) is 14.3 Å². The number of carbonyl (C=O) groups is 1. The van der Waals surface area contributed by atoms with E-state index in [0.29, 0.717) is 0 Å². The van der Waals surface area contributed by atoms with E-state index in [4.69, 9.17) is 1.37 Å². The van der Waals surface area contributed by atoms with E-state index in [1.807, 2.05) is 0 Å². The molecule has 0 N–H and O–H groups in total. The summed E-state index contributed by atoms with van der Waals surface area (Å²) in [6.45, 7) is 1.70. The Bertz CT molecular complexity index is 55.5. The average Bonchev–Trinajstić information content (AvgIpc) is 1.35. The van der Waals surface area contributed by atoms with Gasteiger partial charge in [0.05, 0.1) is 14.7 Å². The van der Waals surface area contributed by atoms with Crippen molar-refractivity contribution in [3.05, 3.63) is 0 Å². The molecule has 5 heavy (non-hydrogen) atoms. The van der Waals surface area contributed by atoms with Crippen molar-refractivity contribution in [3.8, 4) is 0 Å². The molecule has 0 heterocycles. The maximum absolute atomic E-state index is 9.62. The molecule has 0 aliphatic heterocycles. The van der Waals surface area contributed by atoms with Crippen molar-refractivity contribution in [1.29, 1.82) is 0 Å². The first-order chi connectivity index (χ1) is 2.77. The molecule has 0 atom stereocenters. The number of hydrogen-bond acceptors (Lipinski definition) is 1. The van der Waals surface area contributed by atoms with Crippen molar-refractivity contribution in [3.63, 3.8) is 0 Å². The third-order valence-corrected chi connectivity index (χ3v) is 0.235. The summed E-state index contributed by atoms with van der Waals surface area (Å²) in [7, 11) is 2.73. The summed E-state index contributed by atoms with van der Waals surface area (Å²) < 4.78 is 6.25. The lowest BCUT2D eigenvalue weighted by molar-refractivity contribution is 0.569. The van der Waals surface area contributed by atoms with Gasteiger partial charge in [0.2, 0.25) is 0 Å². The normalized spacial score (nSPS) is 8.60. The summed E-state index contributed by atoms with van der Waals surface area (Å²) in [6.07, 6.45) is -0.641. The number of hydrogen-bond donors (Lipinski definition) is 0. The minimum absolute atomic E-state index is 0.641. The first-order valence-electron chi connectivity index (χ1n) is 1.90. The van der Waals surface area contributed by atoms with Gasteiger partial charge in [-0.2, -0.15) is 0 Å². The third kappa shape index (κ3) is 3.80. The molecule has 0 amide bonds. The highest BCUT2D eigenvalue weighted by atomic mass is 16.1. The fraction of sp³-hybridized carbons (Fsp3) is 0.500. The van der Waals surface area contributed by atoms with Crippen LogP contribution in [0, 0.1) is 0 Å². The Morgan fingerprint density at radius 2 is 2.80 bits per heavy atom. The molecule has 0 aromatic heterocycles. The summed E-state index contributed by atoms with van der Waals surface area (Å²) in [4.78, 5) is 9.62. The molecular formula is C2H4B2O. The van der Waals surface area contributed by atoms with Gasteiger partial charge in [0.15, 0.2) is 7.17 Å². The minimum atomic E-state index is -0.641. The van der Waals surface area contributed by atoms with Crippen LogP contribution in [0.4, 0.5) is 0 Å². The van der Waals surface area contributed by atoms with Gasteiger partial charge < -0.3 is 4.79 Å². The highest BCUT2D eigenvalue weighted by molar-refractivity contribution is 7.12. The van der Waals surface area contributed by atoms with Crippen LogP contribution in [0.1, 0.15) is 1.37 Å². The van der Waals surface area contributed by atoms with Gasteiger partial charge >= 0.3 is 0 Å². The molecule has 0 fully saturated rings. The molecule has 0 aliphatic carbocycles. The monoisotopic (exact) mass is 68.1 g/mol. The summed E-state index contributed by atoms with van der Waals surface area (Å²) in [5, 5.41) is 0. The summed E-state index contributed by atoms with van der Waals surface area (Å²) in [6, 6.07) is 0. The van der Waals surface area contributed by atoms with Gasteiger partial charge in [-0.1, -0.05) is 6.82 Å². The van der Waals surface area contributed by atoms with E-state index in [9.17, 15) is 4.79 Å². The van der Waals surface area contributed by atoms with Crippen molar-refractivity contribution >= 4 is 20.5 Å². The zero-order valence-electron chi connectivity index (χ0n) is 4.06. The first kappa shape index (κ1) is 3.01. The SMILES string of the molecule is [3H]C(=O)[B][B]C. The topological polar surface area (TPSA) is 17.1 Å². The van der Waals surface area contributed by atoms with E-state index in [-0.39, 0.29) is 0 Å². The molecule has 0 aliphatic rings. The van der Waals surface area contributed by atoms with Crippen LogP contribution in [0.3, 0.4) is 0 Å². The van der Waals surface area contributed by atoms with E-state index in [2.05, 4.69) is 0 Å². The van der Waals surface area contributed by atoms with Gasteiger partial charge in [-0.15, -0.1) is 0 Å².